The number of halogens is 1. The molecule has 1 amide bonds. The smallest absolute Gasteiger partial charge is 0.252 e. The summed E-state index contributed by atoms with van der Waals surface area (Å²) in [4.78, 5) is 15.6. The number of hydrogen-bond donors (Lipinski definition) is 2. The third-order valence-corrected chi connectivity index (χ3v) is 2.99. The zero-order valence-corrected chi connectivity index (χ0v) is 10.8. The maximum Gasteiger partial charge on any atom is 0.252 e. The second-order valence-electron chi connectivity index (χ2n) is 3.99. The number of hydrogen-bond acceptors (Lipinski definition) is 3. The Balaban J connectivity index is 1.96. The van der Waals surface area contributed by atoms with Gasteiger partial charge in [0.2, 0.25) is 0 Å². The maximum atomic E-state index is 11.8. The number of nitrogens with one attached hydrogen (secondary N) is 1. The van der Waals surface area contributed by atoms with Crippen molar-refractivity contribution in [3.63, 3.8) is 0 Å². The van der Waals surface area contributed by atoms with Crippen LogP contribution in [0.1, 0.15) is 22.0 Å². The van der Waals surface area contributed by atoms with Crippen LogP contribution in [0.25, 0.3) is 0 Å². The Morgan fingerprint density at radius 1 is 1.32 bits per heavy atom. The fourth-order valence-electron chi connectivity index (χ4n) is 1.64. The molecule has 0 saturated heterocycles. The van der Waals surface area contributed by atoms with Crippen LogP contribution in [0.5, 0.6) is 0 Å². The highest BCUT2D eigenvalue weighted by Crippen LogP contribution is 2.21. The molecular weight excluding hydrogens is 264 g/mol. The lowest BCUT2D eigenvalue weighted by molar-refractivity contribution is 0.0916. The third kappa shape index (κ3) is 3.53. The number of rotatable bonds is 4. The summed E-state index contributed by atoms with van der Waals surface area (Å²) in [6.45, 7) is 0.0947. The van der Waals surface area contributed by atoms with Crippen LogP contribution in [0.4, 0.5) is 0 Å². The first-order valence-corrected chi connectivity index (χ1v) is 6.17. The Hall–Kier alpha value is -1.91. The molecule has 0 aliphatic heterocycles. The summed E-state index contributed by atoms with van der Waals surface area (Å²) < 4.78 is 0. The van der Waals surface area contributed by atoms with Gasteiger partial charge < -0.3 is 10.4 Å². The van der Waals surface area contributed by atoms with Crippen molar-refractivity contribution in [1.29, 1.82) is 0 Å². The van der Waals surface area contributed by atoms with Gasteiger partial charge in [0.1, 0.15) is 0 Å². The fraction of sp³-hybridized carbons (Fsp3) is 0.143. The predicted molar refractivity (Wildman–Crippen MR) is 73.0 cm³/mol. The van der Waals surface area contributed by atoms with Crippen molar-refractivity contribution in [3.8, 4) is 0 Å². The van der Waals surface area contributed by atoms with Gasteiger partial charge in [-0.05, 0) is 18.2 Å². The van der Waals surface area contributed by atoms with Crippen LogP contribution < -0.4 is 5.32 Å². The lowest BCUT2D eigenvalue weighted by atomic mass is 10.1. The molecule has 2 rings (SSSR count). The van der Waals surface area contributed by atoms with Crippen molar-refractivity contribution < 1.29 is 9.90 Å². The van der Waals surface area contributed by atoms with Crippen molar-refractivity contribution in [2.24, 2.45) is 0 Å². The van der Waals surface area contributed by atoms with Gasteiger partial charge >= 0.3 is 0 Å². The molecular formula is C14H13ClN2O2. The van der Waals surface area contributed by atoms with Crippen LogP contribution in [-0.4, -0.2) is 22.5 Å². The van der Waals surface area contributed by atoms with Gasteiger partial charge in [0.15, 0.2) is 0 Å². The largest absolute Gasteiger partial charge is 0.387 e. The molecule has 5 heteroatoms. The van der Waals surface area contributed by atoms with Gasteiger partial charge in [0, 0.05) is 29.5 Å². The first-order valence-electron chi connectivity index (χ1n) is 5.79. The lowest BCUT2D eigenvalue weighted by Crippen LogP contribution is -2.28. The quantitative estimate of drug-likeness (QED) is 0.900. The van der Waals surface area contributed by atoms with E-state index < -0.39 is 6.10 Å². The molecule has 1 aromatic carbocycles. The molecule has 0 aliphatic rings. The van der Waals surface area contributed by atoms with E-state index in [9.17, 15) is 9.90 Å². The van der Waals surface area contributed by atoms with E-state index in [0.29, 0.717) is 16.1 Å². The van der Waals surface area contributed by atoms with Crippen molar-refractivity contribution in [3.05, 3.63) is 64.9 Å². The SMILES string of the molecule is O=C(NCC(O)c1ccccc1Cl)c1cccnc1. The standard InChI is InChI=1S/C14H13ClN2O2/c15-12-6-2-1-5-11(12)13(18)9-17-14(19)10-4-3-7-16-8-10/h1-8,13,18H,9H2,(H,17,19). The van der Waals surface area contributed by atoms with Crippen molar-refractivity contribution in [2.75, 3.05) is 6.54 Å². The van der Waals surface area contributed by atoms with E-state index >= 15 is 0 Å². The molecule has 1 atom stereocenters. The van der Waals surface area contributed by atoms with Crippen LogP contribution in [0, 0.1) is 0 Å². The van der Waals surface area contributed by atoms with E-state index in [1.54, 1.807) is 42.6 Å². The van der Waals surface area contributed by atoms with E-state index in [0.717, 1.165) is 0 Å². The Bertz CT molecular complexity index is 560. The Labute approximate surface area is 116 Å². The molecule has 2 aromatic rings. The number of carbonyl (C=O) groups excluding carboxylic acids is 1. The molecule has 0 radical (unpaired) electrons. The topological polar surface area (TPSA) is 62.2 Å². The van der Waals surface area contributed by atoms with E-state index in [2.05, 4.69) is 10.3 Å². The minimum atomic E-state index is -0.839. The molecule has 0 saturated carbocycles. The summed E-state index contributed by atoms with van der Waals surface area (Å²) in [6, 6.07) is 10.3. The highest BCUT2D eigenvalue weighted by molar-refractivity contribution is 6.31. The summed E-state index contributed by atoms with van der Waals surface area (Å²) >= 11 is 5.97. The van der Waals surface area contributed by atoms with Crippen molar-refractivity contribution in [2.45, 2.75) is 6.10 Å². The van der Waals surface area contributed by atoms with Gasteiger partial charge in [0.25, 0.3) is 5.91 Å². The number of nitrogens with zero attached hydrogens (tertiary/aromatic N) is 1. The van der Waals surface area contributed by atoms with E-state index in [1.807, 2.05) is 0 Å². The number of aliphatic hydroxyl groups excluding tert-OH is 1. The number of aromatic nitrogens is 1. The van der Waals surface area contributed by atoms with Crippen molar-refractivity contribution in [1.82, 2.24) is 10.3 Å². The molecule has 98 valence electrons. The summed E-state index contributed by atoms with van der Waals surface area (Å²) in [5.41, 5.74) is 1.05. The number of amides is 1. The molecule has 0 aliphatic carbocycles. The fourth-order valence-corrected chi connectivity index (χ4v) is 1.91. The molecule has 2 N–H and O–H groups in total. The highest BCUT2D eigenvalue weighted by atomic mass is 35.5. The summed E-state index contributed by atoms with van der Waals surface area (Å²) in [7, 11) is 0. The molecule has 0 fully saturated rings. The molecule has 19 heavy (non-hydrogen) atoms. The average Bonchev–Trinajstić information content (AvgIpc) is 2.46. The number of benzene rings is 1. The normalized spacial score (nSPS) is 11.9. The maximum absolute atomic E-state index is 11.8. The van der Waals surface area contributed by atoms with Crippen LogP contribution >= 0.6 is 11.6 Å². The Kier molecular flexibility index (Phi) is 4.49. The molecule has 0 spiro atoms. The van der Waals surface area contributed by atoms with Crippen LogP contribution in [-0.2, 0) is 0 Å². The summed E-state index contributed by atoms with van der Waals surface area (Å²) in [6.07, 6.45) is 2.22. The van der Waals surface area contributed by atoms with Crippen LogP contribution in [0.2, 0.25) is 5.02 Å². The van der Waals surface area contributed by atoms with Gasteiger partial charge in [-0.3, -0.25) is 9.78 Å². The van der Waals surface area contributed by atoms with Crippen LogP contribution in [0.15, 0.2) is 48.8 Å². The lowest BCUT2D eigenvalue weighted by Gasteiger charge is -2.13. The highest BCUT2D eigenvalue weighted by Gasteiger charge is 2.13. The second-order valence-corrected chi connectivity index (χ2v) is 4.40. The first-order chi connectivity index (χ1) is 9.18. The molecule has 1 heterocycles. The second kappa shape index (κ2) is 6.31. The van der Waals surface area contributed by atoms with E-state index in [1.165, 1.54) is 6.20 Å². The monoisotopic (exact) mass is 276 g/mol. The van der Waals surface area contributed by atoms with Gasteiger partial charge in [-0.15, -0.1) is 0 Å². The predicted octanol–water partition coefficient (Wildman–Crippen LogP) is 2.20. The number of aliphatic hydroxyl groups is 1. The third-order valence-electron chi connectivity index (χ3n) is 2.64. The van der Waals surface area contributed by atoms with E-state index in [-0.39, 0.29) is 12.5 Å². The number of carbonyl (C=O) groups is 1. The molecule has 0 bridgehead atoms. The molecule has 1 aromatic heterocycles. The van der Waals surface area contributed by atoms with Gasteiger partial charge in [0.05, 0.1) is 11.7 Å². The number of pyridine rings is 1. The van der Waals surface area contributed by atoms with Crippen molar-refractivity contribution >= 4 is 17.5 Å². The van der Waals surface area contributed by atoms with Gasteiger partial charge in [-0.1, -0.05) is 29.8 Å². The van der Waals surface area contributed by atoms with Gasteiger partial charge in [-0.25, -0.2) is 0 Å². The first kappa shape index (κ1) is 13.5. The van der Waals surface area contributed by atoms with Crippen LogP contribution in [0.3, 0.4) is 0 Å². The summed E-state index contributed by atoms with van der Waals surface area (Å²) in [5, 5.41) is 13.1. The Morgan fingerprint density at radius 2 is 2.11 bits per heavy atom. The average molecular weight is 277 g/mol. The molecule has 4 nitrogen and oxygen atoms in total. The minimum absolute atomic E-state index is 0.0947. The van der Waals surface area contributed by atoms with Gasteiger partial charge in [-0.2, -0.15) is 0 Å². The molecule has 1 unspecified atom stereocenters. The minimum Gasteiger partial charge on any atom is -0.387 e. The summed E-state index contributed by atoms with van der Waals surface area (Å²) in [5.74, 6) is -0.279. The zero-order chi connectivity index (χ0) is 13.7. The zero-order valence-electron chi connectivity index (χ0n) is 10.1. The van der Waals surface area contributed by atoms with E-state index in [4.69, 9.17) is 11.6 Å². The Morgan fingerprint density at radius 3 is 2.79 bits per heavy atom.